The molecular formula is C16H15FN4O2. The highest BCUT2D eigenvalue weighted by Crippen LogP contribution is 2.21. The van der Waals surface area contributed by atoms with Gasteiger partial charge in [-0.3, -0.25) is 0 Å². The zero-order valence-corrected chi connectivity index (χ0v) is 12.1. The van der Waals surface area contributed by atoms with Gasteiger partial charge in [0.05, 0.1) is 6.21 Å². The molecule has 0 aromatic heterocycles. The summed E-state index contributed by atoms with van der Waals surface area (Å²) in [5.41, 5.74) is 12.0. The smallest absolute Gasteiger partial charge is 0.131 e. The van der Waals surface area contributed by atoms with Gasteiger partial charge in [0.1, 0.15) is 28.8 Å². The van der Waals surface area contributed by atoms with Gasteiger partial charge in [-0.25, -0.2) is 9.38 Å². The fourth-order valence-corrected chi connectivity index (χ4v) is 1.70. The van der Waals surface area contributed by atoms with Crippen LogP contribution in [0.3, 0.4) is 0 Å². The van der Waals surface area contributed by atoms with Gasteiger partial charge < -0.3 is 21.4 Å². The number of ether oxygens (including phenoxy) is 1. The third kappa shape index (κ3) is 4.57. The zero-order chi connectivity index (χ0) is 16.7. The minimum Gasteiger partial charge on any atom is -0.457 e. The molecule has 0 fully saturated rings. The third-order valence-corrected chi connectivity index (χ3v) is 2.81. The summed E-state index contributed by atoms with van der Waals surface area (Å²) in [6, 6.07) is 12.5. The molecule has 2 aromatic carbocycles. The molecule has 2 rings (SSSR count). The van der Waals surface area contributed by atoms with E-state index in [0.29, 0.717) is 17.1 Å². The third-order valence-electron chi connectivity index (χ3n) is 2.81. The van der Waals surface area contributed by atoms with Crippen molar-refractivity contribution in [3.05, 3.63) is 71.8 Å². The topological polar surface area (TPSA) is 106 Å². The number of nitrogens with zero attached hydrogens (tertiary/aromatic N) is 2. The average molecular weight is 314 g/mol. The summed E-state index contributed by atoms with van der Waals surface area (Å²) >= 11 is 0. The molecule has 0 atom stereocenters. The summed E-state index contributed by atoms with van der Waals surface area (Å²) in [6.07, 6.45) is 2.23. The molecule has 0 bridgehead atoms. The maximum absolute atomic E-state index is 12.8. The van der Waals surface area contributed by atoms with E-state index in [9.17, 15) is 4.39 Å². The van der Waals surface area contributed by atoms with Crippen molar-refractivity contribution in [3.63, 3.8) is 0 Å². The molecule has 23 heavy (non-hydrogen) atoms. The van der Waals surface area contributed by atoms with Gasteiger partial charge >= 0.3 is 0 Å². The van der Waals surface area contributed by atoms with Crippen molar-refractivity contribution >= 4 is 12.1 Å². The average Bonchev–Trinajstić information content (AvgIpc) is 2.57. The number of allylic oxidation sites excluding steroid dienone is 1. The number of hydrogen-bond donors (Lipinski definition) is 3. The van der Waals surface area contributed by atoms with Gasteiger partial charge in [-0.2, -0.15) is 0 Å². The molecular weight excluding hydrogens is 299 g/mol. The Morgan fingerprint density at radius 3 is 2.13 bits per heavy atom. The Bertz CT molecular complexity index is 738. The number of oxime groups is 1. The van der Waals surface area contributed by atoms with Crippen LogP contribution in [0.4, 0.5) is 4.39 Å². The van der Waals surface area contributed by atoms with Gasteiger partial charge in [0.15, 0.2) is 0 Å². The maximum Gasteiger partial charge on any atom is 0.131 e. The number of hydrogen-bond acceptors (Lipinski definition) is 5. The number of rotatable bonds is 5. The highest BCUT2D eigenvalue weighted by molar-refractivity contribution is 6.00. The highest BCUT2D eigenvalue weighted by atomic mass is 19.1. The first kappa shape index (κ1) is 16.0. The molecule has 0 radical (unpaired) electrons. The minimum absolute atomic E-state index is 0.204. The summed E-state index contributed by atoms with van der Waals surface area (Å²) in [6.45, 7) is 0. The standard InChI is InChI=1S/C16H15FN4O2/c17-12-3-7-15(8-4-12)23-14-5-1-11(2-6-14)16(19)21-13(9-18)10-20-22/h1-10,22H,18H2,(H2,19,21)/b13-9-,20-10+. The van der Waals surface area contributed by atoms with Crippen molar-refractivity contribution in [2.24, 2.45) is 21.6 Å². The molecule has 118 valence electrons. The molecule has 0 aliphatic rings. The molecule has 7 heteroatoms. The van der Waals surface area contributed by atoms with Crippen molar-refractivity contribution in [2.45, 2.75) is 0 Å². The van der Waals surface area contributed by atoms with E-state index in [1.54, 1.807) is 24.3 Å². The molecule has 0 heterocycles. The van der Waals surface area contributed by atoms with Crippen LogP contribution in [0.15, 0.2) is 70.6 Å². The minimum atomic E-state index is -0.327. The van der Waals surface area contributed by atoms with E-state index in [0.717, 1.165) is 6.21 Å². The fourth-order valence-electron chi connectivity index (χ4n) is 1.70. The Balaban J connectivity index is 2.12. The monoisotopic (exact) mass is 314 g/mol. The highest BCUT2D eigenvalue weighted by Gasteiger charge is 2.02. The lowest BCUT2D eigenvalue weighted by Crippen LogP contribution is -2.14. The molecule has 2 aromatic rings. The summed E-state index contributed by atoms with van der Waals surface area (Å²) in [4.78, 5) is 4.02. The molecule has 0 saturated heterocycles. The molecule has 5 N–H and O–H groups in total. The summed E-state index contributed by atoms with van der Waals surface area (Å²) in [5.74, 6) is 0.967. The lowest BCUT2D eigenvalue weighted by molar-refractivity contribution is 0.321. The largest absolute Gasteiger partial charge is 0.457 e. The summed E-state index contributed by atoms with van der Waals surface area (Å²) in [7, 11) is 0. The van der Waals surface area contributed by atoms with Crippen molar-refractivity contribution < 1.29 is 14.3 Å². The fraction of sp³-hybridized carbons (Fsp3) is 0. The van der Waals surface area contributed by atoms with Gasteiger partial charge in [-0.15, -0.1) is 0 Å². The van der Waals surface area contributed by atoms with Gasteiger partial charge in [0, 0.05) is 11.8 Å². The van der Waals surface area contributed by atoms with Gasteiger partial charge in [0.25, 0.3) is 0 Å². The summed E-state index contributed by atoms with van der Waals surface area (Å²) in [5, 5.41) is 11.3. The van der Waals surface area contributed by atoms with Crippen LogP contribution in [-0.2, 0) is 0 Å². The van der Waals surface area contributed by atoms with Crippen LogP contribution in [0, 0.1) is 5.82 Å². The van der Waals surface area contributed by atoms with E-state index in [1.807, 2.05) is 0 Å². The van der Waals surface area contributed by atoms with Crippen molar-refractivity contribution in [1.29, 1.82) is 0 Å². The Morgan fingerprint density at radius 2 is 1.61 bits per heavy atom. The van der Waals surface area contributed by atoms with Crippen LogP contribution in [0.2, 0.25) is 0 Å². The van der Waals surface area contributed by atoms with Crippen LogP contribution in [0.25, 0.3) is 0 Å². The lowest BCUT2D eigenvalue weighted by Gasteiger charge is -2.07. The van der Waals surface area contributed by atoms with E-state index >= 15 is 0 Å². The number of aliphatic imine (C=N–C) groups is 1. The first-order valence-corrected chi connectivity index (χ1v) is 6.59. The van der Waals surface area contributed by atoms with Crippen molar-refractivity contribution in [3.8, 4) is 11.5 Å². The number of amidine groups is 1. The number of benzene rings is 2. The number of halogens is 1. The van der Waals surface area contributed by atoms with Gasteiger partial charge in [0.2, 0.25) is 0 Å². The van der Waals surface area contributed by atoms with Crippen LogP contribution < -0.4 is 16.2 Å². The van der Waals surface area contributed by atoms with Crippen LogP contribution >= 0.6 is 0 Å². The Morgan fingerprint density at radius 1 is 1.04 bits per heavy atom. The quantitative estimate of drug-likeness (QED) is 0.341. The maximum atomic E-state index is 12.8. The molecule has 0 aliphatic heterocycles. The molecule has 0 aliphatic carbocycles. The SMILES string of the molecule is N/C=C(/C=N/O)N=C(N)c1ccc(Oc2ccc(F)cc2)cc1. The van der Waals surface area contributed by atoms with E-state index in [-0.39, 0.29) is 17.3 Å². The second-order valence-corrected chi connectivity index (χ2v) is 4.41. The van der Waals surface area contributed by atoms with Gasteiger partial charge in [-0.05, 0) is 48.5 Å². The molecule has 6 nitrogen and oxygen atoms in total. The van der Waals surface area contributed by atoms with Crippen LogP contribution in [0.1, 0.15) is 5.56 Å². The van der Waals surface area contributed by atoms with E-state index < -0.39 is 0 Å². The normalized spacial score (nSPS) is 12.6. The second-order valence-electron chi connectivity index (χ2n) is 4.41. The first-order valence-electron chi connectivity index (χ1n) is 6.59. The number of nitrogens with two attached hydrogens (primary N) is 2. The molecule has 0 unspecified atom stereocenters. The molecule has 0 saturated carbocycles. The predicted molar refractivity (Wildman–Crippen MR) is 86.2 cm³/mol. The lowest BCUT2D eigenvalue weighted by atomic mass is 10.2. The van der Waals surface area contributed by atoms with E-state index in [2.05, 4.69) is 10.1 Å². The molecule has 0 spiro atoms. The van der Waals surface area contributed by atoms with E-state index in [4.69, 9.17) is 21.4 Å². The van der Waals surface area contributed by atoms with Gasteiger partial charge in [-0.1, -0.05) is 5.16 Å². The zero-order valence-electron chi connectivity index (χ0n) is 12.1. The predicted octanol–water partition coefficient (Wildman–Crippen LogP) is 2.58. The summed E-state index contributed by atoms with van der Waals surface area (Å²) < 4.78 is 18.4. The molecule has 0 amide bonds. The van der Waals surface area contributed by atoms with Crippen molar-refractivity contribution in [1.82, 2.24) is 0 Å². The Kier molecular flexibility index (Phi) is 5.30. The van der Waals surface area contributed by atoms with Crippen LogP contribution in [-0.4, -0.2) is 17.3 Å². The first-order chi connectivity index (χ1) is 11.1. The van der Waals surface area contributed by atoms with E-state index in [1.165, 1.54) is 30.5 Å². The van der Waals surface area contributed by atoms with Crippen LogP contribution in [0.5, 0.6) is 11.5 Å². The van der Waals surface area contributed by atoms with Crippen molar-refractivity contribution in [2.75, 3.05) is 0 Å². The second kappa shape index (κ2) is 7.60. The Hall–Kier alpha value is -3.35. The Labute approximate surface area is 132 Å².